The number of ether oxygens (including phenoxy) is 2. The van der Waals surface area contributed by atoms with Gasteiger partial charge in [0.25, 0.3) is 0 Å². The smallest absolute Gasteiger partial charge is 0.126 e. The van der Waals surface area contributed by atoms with Gasteiger partial charge in [-0.1, -0.05) is 18.2 Å². The maximum atomic E-state index is 10.4. The molecule has 5 heteroatoms. The van der Waals surface area contributed by atoms with Gasteiger partial charge in [-0.25, -0.2) is 0 Å². The lowest BCUT2D eigenvalue weighted by atomic mass is 10.1. The molecule has 0 aliphatic heterocycles. The summed E-state index contributed by atoms with van der Waals surface area (Å²) in [5.41, 5.74) is 1.31. The number of hydrogen-bond donors (Lipinski definition) is 1. The van der Waals surface area contributed by atoms with Crippen LogP contribution in [0.25, 0.3) is 0 Å². The first-order chi connectivity index (χ1) is 9.22. The predicted octanol–water partition coefficient (Wildman–Crippen LogP) is 1.53. The van der Waals surface area contributed by atoms with E-state index < -0.39 is 6.10 Å². The maximum Gasteiger partial charge on any atom is 0.126 e. The summed E-state index contributed by atoms with van der Waals surface area (Å²) < 4.78 is 12.2. The lowest BCUT2D eigenvalue weighted by Gasteiger charge is -2.14. The minimum absolute atomic E-state index is 0.447. The van der Waals surface area contributed by atoms with Gasteiger partial charge in [-0.15, -0.1) is 0 Å². The third kappa shape index (κ3) is 3.33. The fourth-order valence-electron chi connectivity index (χ4n) is 1.81. The summed E-state index contributed by atoms with van der Waals surface area (Å²) in [6.45, 7) is 0.955. The molecule has 0 saturated carbocycles. The minimum Gasteiger partial charge on any atom is -0.491 e. The Morgan fingerprint density at radius 1 is 1.26 bits per heavy atom. The lowest BCUT2D eigenvalue weighted by Crippen LogP contribution is -2.09. The summed E-state index contributed by atoms with van der Waals surface area (Å²) in [6, 6.07) is 9.19. The number of nitrogens with zero attached hydrogens (tertiary/aromatic N) is 2. The minimum atomic E-state index is -0.792. The van der Waals surface area contributed by atoms with Gasteiger partial charge in [0.2, 0.25) is 0 Å². The van der Waals surface area contributed by atoms with Gasteiger partial charge in [0.15, 0.2) is 0 Å². The summed E-state index contributed by atoms with van der Waals surface area (Å²) in [6.07, 6.45) is 1.01. The molecule has 1 N–H and O–H groups in total. The average Bonchev–Trinajstić information content (AvgIpc) is 2.85. The van der Waals surface area contributed by atoms with Gasteiger partial charge in [0.1, 0.15) is 18.5 Å². The van der Waals surface area contributed by atoms with Crippen molar-refractivity contribution in [2.24, 2.45) is 7.05 Å². The van der Waals surface area contributed by atoms with Crippen molar-refractivity contribution in [3.63, 3.8) is 0 Å². The zero-order chi connectivity index (χ0) is 13.7. The average molecular weight is 262 g/mol. The Hall–Kier alpha value is -1.85. The van der Waals surface area contributed by atoms with Gasteiger partial charge in [-0.05, 0) is 12.1 Å². The normalized spacial score (nSPS) is 12.4. The van der Waals surface area contributed by atoms with Crippen molar-refractivity contribution in [2.45, 2.75) is 6.10 Å². The van der Waals surface area contributed by atoms with E-state index in [1.54, 1.807) is 24.1 Å². The summed E-state index contributed by atoms with van der Waals surface area (Å²) in [5, 5.41) is 14.6. The lowest BCUT2D eigenvalue weighted by molar-refractivity contribution is 0.142. The van der Waals surface area contributed by atoms with Crippen LogP contribution in [-0.4, -0.2) is 35.2 Å². The van der Waals surface area contributed by atoms with Crippen LogP contribution in [0.4, 0.5) is 0 Å². The van der Waals surface area contributed by atoms with E-state index >= 15 is 0 Å². The molecular formula is C14H18N2O3. The number of aliphatic hydroxyl groups is 1. The highest BCUT2D eigenvalue weighted by Crippen LogP contribution is 2.28. The third-order valence-electron chi connectivity index (χ3n) is 2.77. The molecule has 1 aromatic heterocycles. The van der Waals surface area contributed by atoms with Gasteiger partial charge < -0.3 is 14.6 Å². The van der Waals surface area contributed by atoms with E-state index in [2.05, 4.69) is 5.10 Å². The Morgan fingerprint density at radius 3 is 2.74 bits per heavy atom. The number of aryl methyl sites for hydroxylation is 1. The zero-order valence-corrected chi connectivity index (χ0v) is 11.1. The quantitative estimate of drug-likeness (QED) is 0.802. The molecule has 0 radical (unpaired) electrons. The van der Waals surface area contributed by atoms with Gasteiger partial charge in [0, 0.05) is 25.9 Å². The number of hydrogen-bond acceptors (Lipinski definition) is 4. The Morgan fingerprint density at radius 2 is 2.05 bits per heavy atom. The Labute approximate surface area is 112 Å². The second-order valence-electron chi connectivity index (χ2n) is 4.20. The highest BCUT2D eigenvalue weighted by Gasteiger charge is 2.17. The number of para-hydroxylation sites is 1. The van der Waals surface area contributed by atoms with E-state index in [-0.39, 0.29) is 0 Å². The standard InChI is InChI=1S/C14H18N2O3/c1-16-8-7-12(15-16)14(17)11-5-3-4-6-13(11)19-10-9-18-2/h3-8,14,17H,9-10H2,1-2H3. The fourth-order valence-corrected chi connectivity index (χ4v) is 1.81. The molecule has 0 bridgehead atoms. The molecule has 2 rings (SSSR count). The van der Waals surface area contributed by atoms with Crippen molar-refractivity contribution in [3.05, 3.63) is 47.8 Å². The van der Waals surface area contributed by atoms with E-state index in [9.17, 15) is 5.11 Å². The molecular weight excluding hydrogens is 244 g/mol. The molecule has 5 nitrogen and oxygen atoms in total. The largest absolute Gasteiger partial charge is 0.491 e. The van der Waals surface area contributed by atoms with Crippen LogP contribution >= 0.6 is 0 Å². The molecule has 1 unspecified atom stereocenters. The molecule has 19 heavy (non-hydrogen) atoms. The molecule has 0 aliphatic carbocycles. The summed E-state index contributed by atoms with van der Waals surface area (Å²) in [5.74, 6) is 0.651. The van der Waals surface area contributed by atoms with Crippen LogP contribution in [0.1, 0.15) is 17.4 Å². The number of rotatable bonds is 6. The molecule has 0 fully saturated rings. The van der Waals surface area contributed by atoms with Gasteiger partial charge in [-0.2, -0.15) is 5.10 Å². The number of methoxy groups -OCH3 is 1. The monoisotopic (exact) mass is 262 g/mol. The van der Waals surface area contributed by atoms with Gasteiger partial charge in [-0.3, -0.25) is 4.68 Å². The van der Waals surface area contributed by atoms with E-state index in [0.717, 1.165) is 0 Å². The van der Waals surface area contributed by atoms with Gasteiger partial charge >= 0.3 is 0 Å². The van der Waals surface area contributed by atoms with Crippen LogP contribution in [0.15, 0.2) is 36.5 Å². The molecule has 102 valence electrons. The van der Waals surface area contributed by atoms with Crippen molar-refractivity contribution >= 4 is 0 Å². The molecule has 0 saturated heterocycles. The van der Waals surface area contributed by atoms with E-state index in [0.29, 0.717) is 30.2 Å². The van der Waals surface area contributed by atoms with Crippen LogP contribution in [0.3, 0.4) is 0 Å². The molecule has 0 amide bonds. The number of benzene rings is 1. The topological polar surface area (TPSA) is 56.5 Å². The molecule has 0 aliphatic rings. The van der Waals surface area contributed by atoms with Crippen molar-refractivity contribution < 1.29 is 14.6 Å². The Kier molecular flexibility index (Phi) is 4.54. The first kappa shape index (κ1) is 13.6. The maximum absolute atomic E-state index is 10.4. The van der Waals surface area contributed by atoms with E-state index in [4.69, 9.17) is 9.47 Å². The molecule has 1 aromatic carbocycles. The van der Waals surface area contributed by atoms with Crippen molar-refractivity contribution in [3.8, 4) is 5.75 Å². The van der Waals surface area contributed by atoms with Crippen LogP contribution in [-0.2, 0) is 11.8 Å². The van der Waals surface area contributed by atoms with Crippen molar-refractivity contribution in [2.75, 3.05) is 20.3 Å². The fraction of sp³-hybridized carbons (Fsp3) is 0.357. The number of aromatic nitrogens is 2. The molecule has 0 spiro atoms. The van der Waals surface area contributed by atoms with Crippen LogP contribution < -0.4 is 4.74 Å². The zero-order valence-electron chi connectivity index (χ0n) is 11.1. The van der Waals surface area contributed by atoms with Crippen molar-refractivity contribution in [1.29, 1.82) is 0 Å². The Balaban J connectivity index is 2.18. The van der Waals surface area contributed by atoms with Crippen LogP contribution in [0.5, 0.6) is 5.75 Å². The second-order valence-corrected chi connectivity index (χ2v) is 4.20. The summed E-state index contributed by atoms with van der Waals surface area (Å²) >= 11 is 0. The van der Waals surface area contributed by atoms with Gasteiger partial charge in [0.05, 0.1) is 12.3 Å². The van der Waals surface area contributed by atoms with E-state index in [1.807, 2.05) is 31.3 Å². The summed E-state index contributed by atoms with van der Waals surface area (Å²) in [4.78, 5) is 0. The highest BCUT2D eigenvalue weighted by molar-refractivity contribution is 5.38. The second kappa shape index (κ2) is 6.36. The highest BCUT2D eigenvalue weighted by atomic mass is 16.5. The van der Waals surface area contributed by atoms with E-state index in [1.165, 1.54) is 0 Å². The first-order valence-corrected chi connectivity index (χ1v) is 6.10. The predicted molar refractivity (Wildman–Crippen MR) is 71.1 cm³/mol. The first-order valence-electron chi connectivity index (χ1n) is 6.10. The SMILES string of the molecule is COCCOc1ccccc1C(O)c1ccn(C)n1. The number of aliphatic hydroxyl groups excluding tert-OH is 1. The van der Waals surface area contributed by atoms with Crippen LogP contribution in [0, 0.1) is 0 Å². The Bertz CT molecular complexity index is 525. The third-order valence-corrected chi connectivity index (χ3v) is 2.77. The summed E-state index contributed by atoms with van der Waals surface area (Å²) in [7, 11) is 3.44. The molecule has 1 atom stereocenters. The van der Waals surface area contributed by atoms with Crippen molar-refractivity contribution in [1.82, 2.24) is 9.78 Å². The molecule has 2 aromatic rings. The molecule has 1 heterocycles. The van der Waals surface area contributed by atoms with Crippen LogP contribution in [0.2, 0.25) is 0 Å².